The molecule has 0 radical (unpaired) electrons. The minimum atomic E-state index is -0.426. The summed E-state index contributed by atoms with van der Waals surface area (Å²) < 4.78 is 5.23. The molecule has 0 unspecified atom stereocenters. The summed E-state index contributed by atoms with van der Waals surface area (Å²) in [7, 11) is 0. The molecule has 25 heavy (non-hydrogen) atoms. The van der Waals surface area contributed by atoms with Crippen LogP contribution in [0.3, 0.4) is 0 Å². The largest absolute Gasteiger partial charge is 0.459 e. The van der Waals surface area contributed by atoms with Crippen molar-refractivity contribution in [3.63, 3.8) is 0 Å². The van der Waals surface area contributed by atoms with E-state index in [1.807, 2.05) is 37.3 Å². The van der Waals surface area contributed by atoms with Gasteiger partial charge >= 0.3 is 0 Å². The molecule has 132 valence electrons. The number of aryl methyl sites for hydroxylation is 1. The molecule has 1 atom stereocenters. The lowest BCUT2D eigenvalue weighted by molar-refractivity contribution is -0.124. The van der Waals surface area contributed by atoms with Crippen molar-refractivity contribution >= 4 is 11.8 Å². The van der Waals surface area contributed by atoms with Crippen LogP contribution in [-0.2, 0) is 4.79 Å². The van der Waals surface area contributed by atoms with Gasteiger partial charge < -0.3 is 15.5 Å². The normalized spacial score (nSPS) is 17.2. The lowest BCUT2D eigenvalue weighted by Gasteiger charge is -2.36. The molecular weight excluding hydrogens is 318 g/mol. The van der Waals surface area contributed by atoms with Crippen LogP contribution < -0.4 is 11.1 Å². The first kappa shape index (κ1) is 17.2. The number of hydrogen-bond donors (Lipinski definition) is 2. The maximum absolute atomic E-state index is 12.2. The molecule has 2 aromatic rings. The van der Waals surface area contributed by atoms with Gasteiger partial charge in [0.25, 0.3) is 5.91 Å². The molecule has 2 amide bonds. The summed E-state index contributed by atoms with van der Waals surface area (Å²) in [6.07, 6.45) is 3.05. The summed E-state index contributed by atoms with van der Waals surface area (Å²) in [5, 5.41) is 3.02. The van der Waals surface area contributed by atoms with E-state index in [-0.39, 0.29) is 17.9 Å². The Balaban J connectivity index is 1.60. The minimum Gasteiger partial charge on any atom is -0.459 e. The molecule has 0 bridgehead atoms. The summed E-state index contributed by atoms with van der Waals surface area (Å²) in [6, 6.07) is 11.0. The number of primary amides is 1. The van der Waals surface area contributed by atoms with Crippen LogP contribution in [0, 0.1) is 6.92 Å². The number of nitrogens with zero attached hydrogens (tertiary/aromatic N) is 1. The van der Waals surface area contributed by atoms with Crippen LogP contribution in [0.15, 0.2) is 47.1 Å². The lowest BCUT2D eigenvalue weighted by Crippen LogP contribution is -2.48. The first-order valence-electron chi connectivity index (χ1n) is 8.49. The maximum atomic E-state index is 12.2. The van der Waals surface area contributed by atoms with Crippen LogP contribution in [0.5, 0.6) is 0 Å². The summed E-state index contributed by atoms with van der Waals surface area (Å²) in [4.78, 5) is 26.3. The summed E-state index contributed by atoms with van der Waals surface area (Å²) in [6.45, 7) is 3.24. The average molecular weight is 341 g/mol. The maximum Gasteiger partial charge on any atom is 0.287 e. The molecule has 2 heterocycles. The topological polar surface area (TPSA) is 88.6 Å². The molecule has 0 saturated carbocycles. The van der Waals surface area contributed by atoms with E-state index in [0.29, 0.717) is 18.8 Å². The van der Waals surface area contributed by atoms with Gasteiger partial charge in [-0.3, -0.25) is 14.5 Å². The fraction of sp³-hybridized carbons (Fsp3) is 0.368. The Morgan fingerprint density at radius 1 is 1.20 bits per heavy atom. The Morgan fingerprint density at radius 2 is 1.88 bits per heavy atom. The molecule has 3 rings (SSSR count). The third-order valence-corrected chi connectivity index (χ3v) is 4.68. The van der Waals surface area contributed by atoms with Gasteiger partial charge in [0.15, 0.2) is 5.76 Å². The molecule has 6 nitrogen and oxygen atoms in total. The number of carbonyl (C=O) groups excluding carboxylic acids is 2. The van der Waals surface area contributed by atoms with Crippen molar-refractivity contribution in [3.8, 4) is 0 Å². The number of hydrogen-bond acceptors (Lipinski definition) is 4. The van der Waals surface area contributed by atoms with Gasteiger partial charge in [-0.05, 0) is 31.4 Å². The van der Waals surface area contributed by atoms with Crippen molar-refractivity contribution in [3.05, 3.63) is 59.5 Å². The van der Waals surface area contributed by atoms with E-state index in [9.17, 15) is 9.59 Å². The number of benzene rings is 1. The van der Waals surface area contributed by atoms with Crippen molar-refractivity contribution in [1.29, 1.82) is 0 Å². The first-order valence-corrected chi connectivity index (χ1v) is 8.49. The molecule has 1 aromatic heterocycles. The molecule has 1 aliphatic heterocycles. The summed E-state index contributed by atoms with van der Waals surface area (Å²) >= 11 is 0. The number of rotatable bonds is 5. The molecule has 1 aromatic carbocycles. The van der Waals surface area contributed by atoms with Crippen LogP contribution in [0.1, 0.15) is 40.6 Å². The van der Waals surface area contributed by atoms with Crippen LogP contribution in [0.25, 0.3) is 0 Å². The third-order valence-electron chi connectivity index (χ3n) is 4.68. The SMILES string of the molecule is Cc1ccoc1C(=O)NC1CCN([C@@H](C(N)=O)c2ccccc2)CC1. The van der Waals surface area contributed by atoms with Crippen LogP contribution in [0.2, 0.25) is 0 Å². The number of carbonyl (C=O) groups is 2. The molecular formula is C19H23N3O3. The van der Waals surface area contributed by atoms with E-state index in [1.54, 1.807) is 6.07 Å². The highest BCUT2D eigenvalue weighted by Crippen LogP contribution is 2.24. The molecule has 1 saturated heterocycles. The second kappa shape index (κ2) is 7.53. The van der Waals surface area contributed by atoms with Crippen molar-refractivity contribution < 1.29 is 14.0 Å². The predicted octanol–water partition coefficient (Wildman–Crippen LogP) is 2.01. The summed E-state index contributed by atoms with van der Waals surface area (Å²) in [5.41, 5.74) is 7.37. The van der Waals surface area contributed by atoms with Crippen molar-refractivity contribution in [2.75, 3.05) is 13.1 Å². The number of furan rings is 1. The van der Waals surface area contributed by atoms with Gasteiger partial charge in [-0.25, -0.2) is 0 Å². The smallest absolute Gasteiger partial charge is 0.287 e. The van der Waals surface area contributed by atoms with Gasteiger partial charge in [0, 0.05) is 24.7 Å². The van der Waals surface area contributed by atoms with Crippen LogP contribution >= 0.6 is 0 Å². The van der Waals surface area contributed by atoms with E-state index >= 15 is 0 Å². The first-order chi connectivity index (χ1) is 12.1. The van der Waals surface area contributed by atoms with E-state index < -0.39 is 6.04 Å². The average Bonchev–Trinajstić information content (AvgIpc) is 3.03. The Bertz CT molecular complexity index is 733. The van der Waals surface area contributed by atoms with Gasteiger partial charge in [0.2, 0.25) is 5.91 Å². The zero-order valence-electron chi connectivity index (χ0n) is 14.3. The van der Waals surface area contributed by atoms with Crippen molar-refractivity contribution in [2.45, 2.75) is 31.8 Å². The van der Waals surface area contributed by atoms with E-state index in [4.69, 9.17) is 10.2 Å². The Hall–Kier alpha value is -2.60. The third kappa shape index (κ3) is 3.91. The molecule has 3 N–H and O–H groups in total. The number of likely N-dealkylation sites (tertiary alicyclic amines) is 1. The lowest BCUT2D eigenvalue weighted by atomic mass is 9.98. The molecule has 1 aliphatic rings. The number of amides is 2. The molecule has 6 heteroatoms. The summed E-state index contributed by atoms with van der Waals surface area (Å²) in [5.74, 6) is -0.169. The van der Waals surface area contributed by atoms with Crippen molar-refractivity contribution in [2.24, 2.45) is 5.73 Å². The highest BCUT2D eigenvalue weighted by molar-refractivity contribution is 5.93. The zero-order valence-corrected chi connectivity index (χ0v) is 14.3. The standard InChI is InChI=1S/C19H23N3O3/c1-13-9-12-25-17(13)19(24)21-15-7-10-22(11-8-15)16(18(20)23)14-5-3-2-4-6-14/h2-6,9,12,15-16H,7-8,10-11H2,1H3,(H2,20,23)(H,21,24)/t16-/m1/s1. The second-order valence-electron chi connectivity index (χ2n) is 6.43. The van der Waals surface area contributed by atoms with E-state index in [0.717, 1.165) is 24.0 Å². The van der Waals surface area contributed by atoms with Gasteiger partial charge in [-0.15, -0.1) is 0 Å². The van der Waals surface area contributed by atoms with E-state index in [2.05, 4.69) is 10.2 Å². The molecule has 1 fully saturated rings. The zero-order chi connectivity index (χ0) is 17.8. The predicted molar refractivity (Wildman–Crippen MR) is 93.9 cm³/mol. The molecule has 0 spiro atoms. The van der Waals surface area contributed by atoms with Gasteiger partial charge in [-0.1, -0.05) is 30.3 Å². The van der Waals surface area contributed by atoms with Gasteiger partial charge in [-0.2, -0.15) is 0 Å². The van der Waals surface area contributed by atoms with Crippen LogP contribution in [0.4, 0.5) is 0 Å². The second-order valence-corrected chi connectivity index (χ2v) is 6.43. The minimum absolute atomic E-state index is 0.0672. The fourth-order valence-electron chi connectivity index (χ4n) is 3.35. The Kier molecular flexibility index (Phi) is 5.19. The Labute approximate surface area is 147 Å². The van der Waals surface area contributed by atoms with Gasteiger partial charge in [0.05, 0.1) is 6.26 Å². The highest BCUT2D eigenvalue weighted by atomic mass is 16.3. The van der Waals surface area contributed by atoms with Crippen LogP contribution in [-0.4, -0.2) is 35.8 Å². The van der Waals surface area contributed by atoms with E-state index in [1.165, 1.54) is 6.26 Å². The Morgan fingerprint density at radius 3 is 2.44 bits per heavy atom. The number of piperidine rings is 1. The quantitative estimate of drug-likeness (QED) is 0.871. The van der Waals surface area contributed by atoms with Crippen molar-refractivity contribution in [1.82, 2.24) is 10.2 Å². The molecule has 0 aliphatic carbocycles. The highest BCUT2D eigenvalue weighted by Gasteiger charge is 2.30. The number of nitrogens with two attached hydrogens (primary N) is 1. The fourth-order valence-corrected chi connectivity index (χ4v) is 3.35. The monoisotopic (exact) mass is 341 g/mol. The van der Waals surface area contributed by atoms with Gasteiger partial charge in [0.1, 0.15) is 6.04 Å². The number of nitrogens with one attached hydrogen (secondary N) is 1.